The fraction of sp³-hybridized carbons (Fsp3) is 0.455. The topological polar surface area (TPSA) is 34.1 Å². The second-order valence-corrected chi connectivity index (χ2v) is 6.51. The van der Waals surface area contributed by atoms with Crippen LogP contribution in [0.1, 0.15) is 12.0 Å². The Balaban J connectivity index is 2.65. The van der Waals surface area contributed by atoms with Crippen LogP contribution >= 0.6 is 11.8 Å². The van der Waals surface area contributed by atoms with E-state index >= 15 is 0 Å². The molecule has 0 bridgehead atoms. The molecule has 1 aromatic rings. The van der Waals surface area contributed by atoms with Gasteiger partial charge in [-0.25, -0.2) is 8.42 Å². The van der Waals surface area contributed by atoms with Crippen molar-refractivity contribution in [3.63, 3.8) is 0 Å². The van der Waals surface area contributed by atoms with Crippen molar-refractivity contribution in [3.8, 4) is 0 Å². The molecule has 0 fully saturated rings. The standard InChI is InChI=1S/C11H16O2S2/c1-14-9-3-4-10-5-7-11(8-6-10)15(2,12)13/h5-8H,3-4,9H2,1-2H3. The number of hydrogen-bond acceptors (Lipinski definition) is 3. The summed E-state index contributed by atoms with van der Waals surface area (Å²) in [4.78, 5) is 0.399. The maximum absolute atomic E-state index is 11.2. The van der Waals surface area contributed by atoms with Gasteiger partial charge in [0.25, 0.3) is 0 Å². The molecular formula is C11H16O2S2. The molecule has 0 N–H and O–H groups in total. The van der Waals surface area contributed by atoms with Crippen LogP contribution < -0.4 is 0 Å². The summed E-state index contributed by atoms with van der Waals surface area (Å²) >= 11 is 1.83. The van der Waals surface area contributed by atoms with Crippen molar-refractivity contribution >= 4 is 21.6 Å². The molecular weight excluding hydrogens is 228 g/mol. The number of thioether (sulfide) groups is 1. The van der Waals surface area contributed by atoms with Crippen molar-refractivity contribution < 1.29 is 8.42 Å². The van der Waals surface area contributed by atoms with Gasteiger partial charge >= 0.3 is 0 Å². The van der Waals surface area contributed by atoms with Gasteiger partial charge in [0, 0.05) is 6.26 Å². The molecule has 0 spiro atoms. The summed E-state index contributed by atoms with van der Waals surface area (Å²) in [6.45, 7) is 0. The molecule has 0 aliphatic heterocycles. The molecule has 0 aliphatic rings. The van der Waals surface area contributed by atoms with E-state index in [4.69, 9.17) is 0 Å². The van der Waals surface area contributed by atoms with Crippen LogP contribution in [0.3, 0.4) is 0 Å². The lowest BCUT2D eigenvalue weighted by Gasteiger charge is -2.02. The molecule has 84 valence electrons. The van der Waals surface area contributed by atoms with Gasteiger partial charge in [0.05, 0.1) is 4.90 Å². The minimum atomic E-state index is -3.05. The predicted octanol–water partition coefficient (Wildman–Crippen LogP) is 2.39. The fourth-order valence-electron chi connectivity index (χ4n) is 1.32. The number of rotatable bonds is 5. The summed E-state index contributed by atoms with van der Waals surface area (Å²) in [7, 11) is -3.05. The monoisotopic (exact) mass is 244 g/mol. The van der Waals surface area contributed by atoms with Crippen LogP contribution in [0.4, 0.5) is 0 Å². The van der Waals surface area contributed by atoms with E-state index in [1.54, 1.807) is 12.1 Å². The number of hydrogen-bond donors (Lipinski definition) is 0. The zero-order valence-corrected chi connectivity index (χ0v) is 10.7. The quantitative estimate of drug-likeness (QED) is 0.746. The van der Waals surface area contributed by atoms with Gasteiger partial charge in [0.2, 0.25) is 0 Å². The summed E-state index contributed by atoms with van der Waals surface area (Å²) in [6, 6.07) is 7.17. The van der Waals surface area contributed by atoms with E-state index in [9.17, 15) is 8.42 Å². The molecule has 0 radical (unpaired) electrons. The van der Waals surface area contributed by atoms with Gasteiger partial charge in [0.15, 0.2) is 9.84 Å². The summed E-state index contributed by atoms with van der Waals surface area (Å²) in [6.07, 6.45) is 5.48. The minimum absolute atomic E-state index is 0.399. The molecule has 2 nitrogen and oxygen atoms in total. The van der Waals surface area contributed by atoms with Gasteiger partial charge in [-0.05, 0) is 42.5 Å². The number of benzene rings is 1. The molecule has 0 heterocycles. The van der Waals surface area contributed by atoms with Crippen molar-refractivity contribution in [2.24, 2.45) is 0 Å². The molecule has 0 amide bonds. The van der Waals surface area contributed by atoms with E-state index in [-0.39, 0.29) is 0 Å². The molecule has 0 unspecified atom stereocenters. The van der Waals surface area contributed by atoms with E-state index < -0.39 is 9.84 Å². The van der Waals surface area contributed by atoms with Crippen LogP contribution in [0.5, 0.6) is 0 Å². The summed E-state index contributed by atoms with van der Waals surface area (Å²) in [5.74, 6) is 1.15. The SMILES string of the molecule is CSCCCc1ccc(S(C)(=O)=O)cc1. The van der Waals surface area contributed by atoms with Gasteiger partial charge in [-0.2, -0.15) is 11.8 Å². The highest BCUT2D eigenvalue weighted by molar-refractivity contribution is 7.98. The summed E-state index contributed by atoms with van der Waals surface area (Å²) < 4.78 is 22.4. The smallest absolute Gasteiger partial charge is 0.175 e. The predicted molar refractivity (Wildman–Crippen MR) is 66.3 cm³/mol. The van der Waals surface area contributed by atoms with Crippen LogP contribution in [-0.4, -0.2) is 26.7 Å². The Morgan fingerprint density at radius 3 is 2.27 bits per heavy atom. The molecule has 4 heteroatoms. The second kappa shape index (κ2) is 5.56. The van der Waals surface area contributed by atoms with E-state index in [0.29, 0.717) is 4.90 Å². The minimum Gasteiger partial charge on any atom is -0.224 e. The lowest BCUT2D eigenvalue weighted by atomic mass is 10.1. The van der Waals surface area contributed by atoms with Gasteiger partial charge in [-0.15, -0.1) is 0 Å². The molecule has 0 saturated carbocycles. The van der Waals surface area contributed by atoms with Crippen molar-refractivity contribution in [3.05, 3.63) is 29.8 Å². The van der Waals surface area contributed by atoms with Crippen molar-refractivity contribution in [1.82, 2.24) is 0 Å². The van der Waals surface area contributed by atoms with Gasteiger partial charge in [-0.1, -0.05) is 12.1 Å². The Morgan fingerprint density at radius 1 is 1.20 bits per heavy atom. The third kappa shape index (κ3) is 4.26. The Hall–Kier alpha value is -0.480. The van der Waals surface area contributed by atoms with Crippen LogP contribution in [-0.2, 0) is 16.3 Å². The normalized spacial score (nSPS) is 11.6. The first kappa shape index (κ1) is 12.6. The lowest BCUT2D eigenvalue weighted by molar-refractivity contribution is 0.602. The molecule has 1 rings (SSSR count). The van der Waals surface area contributed by atoms with Gasteiger partial charge in [0.1, 0.15) is 0 Å². The number of sulfone groups is 1. The highest BCUT2D eigenvalue weighted by Gasteiger charge is 2.05. The Morgan fingerprint density at radius 2 is 1.80 bits per heavy atom. The third-order valence-electron chi connectivity index (χ3n) is 2.17. The first-order valence-electron chi connectivity index (χ1n) is 4.82. The molecule has 0 saturated heterocycles. The molecule has 0 aromatic heterocycles. The largest absolute Gasteiger partial charge is 0.224 e. The average molecular weight is 244 g/mol. The maximum atomic E-state index is 11.2. The van der Waals surface area contributed by atoms with Crippen LogP contribution in [0, 0.1) is 0 Å². The van der Waals surface area contributed by atoms with Crippen molar-refractivity contribution in [1.29, 1.82) is 0 Å². The van der Waals surface area contributed by atoms with Crippen LogP contribution in [0.2, 0.25) is 0 Å². The fourth-order valence-corrected chi connectivity index (χ4v) is 2.39. The van der Waals surface area contributed by atoms with Gasteiger partial charge < -0.3 is 0 Å². The lowest BCUT2D eigenvalue weighted by Crippen LogP contribution is -1.97. The average Bonchev–Trinajstić information content (AvgIpc) is 2.18. The summed E-state index contributed by atoms with van der Waals surface area (Å²) in [5, 5.41) is 0. The molecule has 15 heavy (non-hydrogen) atoms. The molecule has 0 aliphatic carbocycles. The second-order valence-electron chi connectivity index (χ2n) is 3.51. The van der Waals surface area contributed by atoms with E-state index in [0.717, 1.165) is 18.6 Å². The third-order valence-corrected chi connectivity index (χ3v) is 3.99. The molecule has 0 atom stereocenters. The first-order chi connectivity index (χ1) is 7.04. The Bertz CT molecular complexity index is 393. The van der Waals surface area contributed by atoms with Crippen molar-refractivity contribution in [2.75, 3.05) is 18.3 Å². The van der Waals surface area contributed by atoms with E-state index in [2.05, 4.69) is 6.26 Å². The maximum Gasteiger partial charge on any atom is 0.175 e. The Labute approximate surface area is 96.0 Å². The zero-order valence-electron chi connectivity index (χ0n) is 9.06. The Kier molecular flexibility index (Phi) is 4.67. The van der Waals surface area contributed by atoms with Crippen molar-refractivity contribution in [2.45, 2.75) is 17.7 Å². The van der Waals surface area contributed by atoms with Crippen LogP contribution in [0.25, 0.3) is 0 Å². The molecule has 1 aromatic carbocycles. The first-order valence-corrected chi connectivity index (χ1v) is 8.10. The highest BCUT2D eigenvalue weighted by atomic mass is 32.2. The van der Waals surface area contributed by atoms with Crippen LogP contribution in [0.15, 0.2) is 29.2 Å². The summed E-state index contributed by atoms with van der Waals surface area (Å²) in [5.41, 5.74) is 1.21. The van der Waals surface area contributed by atoms with E-state index in [1.807, 2.05) is 23.9 Å². The van der Waals surface area contributed by atoms with E-state index in [1.165, 1.54) is 11.8 Å². The zero-order chi connectivity index (χ0) is 11.3. The van der Waals surface area contributed by atoms with Gasteiger partial charge in [-0.3, -0.25) is 0 Å². The highest BCUT2D eigenvalue weighted by Crippen LogP contribution is 2.12. The number of aryl methyl sites for hydroxylation is 1.